The summed E-state index contributed by atoms with van der Waals surface area (Å²) < 4.78 is 10.2. The molecule has 3 rings (SSSR count). The highest BCUT2D eigenvalue weighted by atomic mass is 16.6. The van der Waals surface area contributed by atoms with E-state index >= 15 is 0 Å². The second-order valence-electron chi connectivity index (χ2n) is 7.73. The fraction of sp³-hybridized carbons (Fsp3) is 0.579. The summed E-state index contributed by atoms with van der Waals surface area (Å²) in [5, 5.41) is 3.05. The summed E-state index contributed by atoms with van der Waals surface area (Å²) in [5.41, 5.74) is 2.25. The second-order valence-corrected chi connectivity index (χ2v) is 7.73. The minimum Gasteiger partial charge on any atom is -0.465 e. The average Bonchev–Trinajstić information content (AvgIpc) is 3.28. The number of ether oxygens (including phenoxy) is 2. The average molecular weight is 331 g/mol. The van der Waals surface area contributed by atoms with Crippen molar-refractivity contribution < 1.29 is 19.1 Å². The predicted octanol–water partition coefficient (Wildman–Crippen LogP) is 3.62. The third-order valence-electron chi connectivity index (χ3n) is 4.68. The van der Waals surface area contributed by atoms with Crippen molar-refractivity contribution in [1.29, 1.82) is 0 Å². The molecule has 0 heterocycles. The predicted molar refractivity (Wildman–Crippen MR) is 89.8 cm³/mol. The van der Waals surface area contributed by atoms with E-state index in [2.05, 4.69) is 5.32 Å². The highest BCUT2D eigenvalue weighted by molar-refractivity contribution is 5.89. The lowest BCUT2D eigenvalue weighted by Crippen LogP contribution is -2.37. The van der Waals surface area contributed by atoms with E-state index in [1.54, 1.807) is 6.07 Å². The summed E-state index contributed by atoms with van der Waals surface area (Å²) >= 11 is 0. The number of alkyl carbamates (subject to hydrolysis) is 1. The number of hydrogen-bond donors (Lipinski definition) is 1. The van der Waals surface area contributed by atoms with Gasteiger partial charge in [0.25, 0.3) is 0 Å². The SMILES string of the molecule is COC(=O)c1ccc2c(c1)CC(C1CC1)[C@@H]2NC(=O)OC(C)(C)C. The summed E-state index contributed by atoms with van der Waals surface area (Å²) in [6.07, 6.45) is 2.90. The lowest BCUT2D eigenvalue weighted by atomic mass is 9.95. The molecule has 1 aromatic carbocycles. The van der Waals surface area contributed by atoms with E-state index in [1.807, 2.05) is 32.9 Å². The van der Waals surface area contributed by atoms with Gasteiger partial charge in [0.15, 0.2) is 0 Å². The Bertz CT molecular complexity index is 658. The van der Waals surface area contributed by atoms with Crippen LogP contribution in [0.25, 0.3) is 0 Å². The smallest absolute Gasteiger partial charge is 0.408 e. The Morgan fingerprint density at radius 3 is 2.50 bits per heavy atom. The van der Waals surface area contributed by atoms with Gasteiger partial charge in [-0.3, -0.25) is 0 Å². The number of amides is 1. The normalized spacial score (nSPS) is 22.7. The number of nitrogens with one attached hydrogen (secondary N) is 1. The number of rotatable bonds is 3. The second kappa shape index (κ2) is 6.11. The fourth-order valence-electron chi connectivity index (χ4n) is 3.52. The molecule has 1 fully saturated rings. The maximum atomic E-state index is 12.2. The third-order valence-corrected chi connectivity index (χ3v) is 4.68. The number of carbonyl (C=O) groups excluding carboxylic acids is 2. The van der Waals surface area contributed by atoms with Crippen molar-refractivity contribution in [3.8, 4) is 0 Å². The molecule has 2 atom stereocenters. The lowest BCUT2D eigenvalue weighted by molar-refractivity contribution is 0.0484. The van der Waals surface area contributed by atoms with Crippen LogP contribution >= 0.6 is 0 Å². The molecule has 1 aromatic rings. The maximum absolute atomic E-state index is 12.2. The Morgan fingerprint density at radius 1 is 1.21 bits per heavy atom. The molecule has 2 aliphatic rings. The van der Waals surface area contributed by atoms with E-state index in [1.165, 1.54) is 20.0 Å². The first-order valence-electron chi connectivity index (χ1n) is 8.49. The molecule has 0 aliphatic heterocycles. The van der Waals surface area contributed by atoms with Gasteiger partial charge in [0.1, 0.15) is 5.60 Å². The van der Waals surface area contributed by atoms with E-state index in [-0.39, 0.29) is 18.1 Å². The van der Waals surface area contributed by atoms with Gasteiger partial charge in [0, 0.05) is 0 Å². The highest BCUT2D eigenvalue weighted by Crippen LogP contribution is 2.49. The Morgan fingerprint density at radius 2 is 1.92 bits per heavy atom. The van der Waals surface area contributed by atoms with Crippen LogP contribution < -0.4 is 5.32 Å². The zero-order valence-corrected chi connectivity index (χ0v) is 14.7. The first kappa shape index (κ1) is 16.8. The van der Waals surface area contributed by atoms with Crippen molar-refractivity contribution in [1.82, 2.24) is 5.32 Å². The molecule has 5 heteroatoms. The summed E-state index contributed by atoms with van der Waals surface area (Å²) in [7, 11) is 1.38. The van der Waals surface area contributed by atoms with Gasteiger partial charge in [-0.15, -0.1) is 0 Å². The number of methoxy groups -OCH3 is 1. The molecule has 0 radical (unpaired) electrons. The minimum atomic E-state index is -0.519. The molecular weight excluding hydrogens is 306 g/mol. The molecule has 1 unspecified atom stereocenters. The molecule has 5 nitrogen and oxygen atoms in total. The molecular formula is C19H25NO4. The quantitative estimate of drug-likeness (QED) is 0.859. The number of hydrogen-bond acceptors (Lipinski definition) is 4. The summed E-state index contributed by atoms with van der Waals surface area (Å²) in [6, 6.07) is 5.55. The van der Waals surface area contributed by atoms with Gasteiger partial charge in [-0.1, -0.05) is 6.07 Å². The molecule has 24 heavy (non-hydrogen) atoms. The Kier molecular flexibility index (Phi) is 4.28. The van der Waals surface area contributed by atoms with E-state index in [9.17, 15) is 9.59 Å². The fourth-order valence-corrected chi connectivity index (χ4v) is 3.52. The topological polar surface area (TPSA) is 64.6 Å². The largest absolute Gasteiger partial charge is 0.465 e. The maximum Gasteiger partial charge on any atom is 0.408 e. The molecule has 1 amide bonds. The van der Waals surface area contributed by atoms with E-state index < -0.39 is 5.60 Å². The number of benzene rings is 1. The van der Waals surface area contributed by atoms with Gasteiger partial charge in [0.2, 0.25) is 0 Å². The Balaban J connectivity index is 1.82. The van der Waals surface area contributed by atoms with Crippen molar-refractivity contribution in [2.45, 2.75) is 51.7 Å². The Labute approximate surface area is 142 Å². The van der Waals surface area contributed by atoms with Crippen LogP contribution in [0.4, 0.5) is 4.79 Å². The summed E-state index contributed by atoms with van der Waals surface area (Å²) in [4.78, 5) is 24.0. The van der Waals surface area contributed by atoms with Gasteiger partial charge >= 0.3 is 12.1 Å². The van der Waals surface area contributed by atoms with Crippen LogP contribution in [0.3, 0.4) is 0 Å². The first-order valence-corrected chi connectivity index (χ1v) is 8.49. The van der Waals surface area contributed by atoms with Crippen LogP contribution in [0, 0.1) is 11.8 Å². The first-order chi connectivity index (χ1) is 11.3. The van der Waals surface area contributed by atoms with Crippen molar-refractivity contribution in [2.75, 3.05) is 7.11 Å². The monoisotopic (exact) mass is 331 g/mol. The molecule has 0 bridgehead atoms. The van der Waals surface area contributed by atoms with Crippen LogP contribution in [0.15, 0.2) is 18.2 Å². The zero-order chi connectivity index (χ0) is 17.5. The van der Waals surface area contributed by atoms with Crippen LogP contribution in [0.2, 0.25) is 0 Å². The van der Waals surface area contributed by atoms with Crippen LogP contribution in [-0.4, -0.2) is 24.8 Å². The van der Waals surface area contributed by atoms with Gasteiger partial charge in [-0.2, -0.15) is 0 Å². The van der Waals surface area contributed by atoms with Gasteiger partial charge < -0.3 is 14.8 Å². The molecule has 2 aliphatic carbocycles. The van der Waals surface area contributed by atoms with Crippen LogP contribution in [-0.2, 0) is 15.9 Å². The molecule has 1 N–H and O–H groups in total. The number of carbonyl (C=O) groups is 2. The minimum absolute atomic E-state index is 0.0472. The number of fused-ring (bicyclic) bond motifs is 1. The van der Waals surface area contributed by atoms with E-state index in [4.69, 9.17) is 9.47 Å². The van der Waals surface area contributed by atoms with Gasteiger partial charge in [-0.05, 0) is 75.1 Å². The summed E-state index contributed by atoms with van der Waals surface area (Å²) in [6.45, 7) is 5.57. The zero-order valence-electron chi connectivity index (χ0n) is 14.7. The molecule has 130 valence electrons. The van der Waals surface area contributed by atoms with Crippen molar-refractivity contribution in [3.63, 3.8) is 0 Å². The molecule has 0 saturated heterocycles. The van der Waals surface area contributed by atoms with Crippen molar-refractivity contribution in [3.05, 3.63) is 34.9 Å². The van der Waals surface area contributed by atoms with E-state index in [0.717, 1.165) is 17.5 Å². The van der Waals surface area contributed by atoms with E-state index in [0.29, 0.717) is 17.4 Å². The van der Waals surface area contributed by atoms with Gasteiger partial charge in [0.05, 0.1) is 18.7 Å². The molecule has 0 spiro atoms. The Hall–Kier alpha value is -2.04. The van der Waals surface area contributed by atoms with Crippen molar-refractivity contribution >= 4 is 12.1 Å². The lowest BCUT2D eigenvalue weighted by Gasteiger charge is -2.25. The molecule has 1 saturated carbocycles. The van der Waals surface area contributed by atoms with Crippen LogP contribution in [0.1, 0.15) is 61.1 Å². The summed E-state index contributed by atoms with van der Waals surface area (Å²) in [5.74, 6) is 0.684. The highest BCUT2D eigenvalue weighted by Gasteiger charge is 2.43. The van der Waals surface area contributed by atoms with Crippen LogP contribution in [0.5, 0.6) is 0 Å². The standard InChI is InChI=1S/C19H25NO4/c1-19(2,3)24-18(22)20-16-14-8-7-12(17(21)23-4)9-13(14)10-15(16)11-5-6-11/h7-9,11,15-16H,5-6,10H2,1-4H3,(H,20,22)/t15?,16-/m1/s1. The van der Waals surface area contributed by atoms with Crippen molar-refractivity contribution in [2.24, 2.45) is 11.8 Å². The van der Waals surface area contributed by atoms with Gasteiger partial charge in [-0.25, -0.2) is 9.59 Å². The molecule has 0 aromatic heterocycles. The third kappa shape index (κ3) is 3.55. The number of esters is 1.